The summed E-state index contributed by atoms with van der Waals surface area (Å²) in [6.45, 7) is 0. The molecule has 0 aliphatic carbocycles. The Morgan fingerprint density at radius 2 is 2.00 bits per heavy atom. The number of rotatable bonds is 4. The predicted molar refractivity (Wildman–Crippen MR) is 82.7 cm³/mol. The molecule has 6 heteroatoms. The minimum atomic E-state index is -1.32. The number of benzene rings is 2. The number of carboxylic acids is 1. The quantitative estimate of drug-likeness (QED) is 0.877. The molecule has 2 aromatic carbocycles. The van der Waals surface area contributed by atoms with Crippen molar-refractivity contribution in [3.05, 3.63) is 63.1 Å². The van der Waals surface area contributed by atoms with Crippen molar-refractivity contribution in [2.24, 2.45) is 0 Å². The molecule has 0 aliphatic rings. The van der Waals surface area contributed by atoms with Crippen LogP contribution in [0.4, 0.5) is 0 Å². The van der Waals surface area contributed by atoms with Gasteiger partial charge in [-0.3, -0.25) is 4.21 Å². The first kappa shape index (κ1) is 15.2. The molecule has 0 saturated carbocycles. The molecule has 20 heavy (non-hydrogen) atoms. The third-order valence-corrected chi connectivity index (χ3v) is 4.92. The van der Waals surface area contributed by atoms with Gasteiger partial charge in [0.1, 0.15) is 0 Å². The van der Waals surface area contributed by atoms with E-state index < -0.39 is 16.8 Å². The molecule has 0 aliphatic heterocycles. The standard InChI is InChI=1S/C14H10BrClO3S/c15-13-5-4-11(7-12(13)14(17)18)20(19)8-9-2-1-3-10(16)6-9/h1-7H,8H2,(H,17,18). The van der Waals surface area contributed by atoms with Crippen molar-refractivity contribution >= 4 is 44.3 Å². The molecule has 104 valence electrons. The van der Waals surface area contributed by atoms with Crippen LogP contribution in [0.1, 0.15) is 15.9 Å². The van der Waals surface area contributed by atoms with Gasteiger partial charge in [-0.1, -0.05) is 23.7 Å². The van der Waals surface area contributed by atoms with Crippen molar-refractivity contribution in [2.75, 3.05) is 0 Å². The first-order chi connectivity index (χ1) is 9.47. The molecule has 0 amide bonds. The number of carbonyl (C=O) groups is 1. The number of hydrogen-bond acceptors (Lipinski definition) is 2. The molecule has 0 radical (unpaired) electrons. The third-order valence-electron chi connectivity index (χ3n) is 2.62. The van der Waals surface area contributed by atoms with E-state index in [-0.39, 0.29) is 5.56 Å². The molecular weight excluding hydrogens is 364 g/mol. The number of aromatic carboxylic acids is 1. The van der Waals surface area contributed by atoms with Crippen LogP contribution in [0.5, 0.6) is 0 Å². The Morgan fingerprint density at radius 1 is 1.25 bits per heavy atom. The van der Waals surface area contributed by atoms with E-state index in [9.17, 15) is 9.00 Å². The van der Waals surface area contributed by atoms with E-state index in [1.165, 1.54) is 6.07 Å². The third kappa shape index (κ3) is 3.69. The van der Waals surface area contributed by atoms with Gasteiger partial charge >= 0.3 is 5.97 Å². The van der Waals surface area contributed by atoms with Gasteiger partial charge in [0, 0.05) is 14.4 Å². The Hall–Kier alpha value is -1.17. The molecule has 1 N–H and O–H groups in total. The second-order valence-electron chi connectivity index (χ2n) is 4.07. The summed E-state index contributed by atoms with van der Waals surface area (Å²) >= 11 is 9.04. The molecule has 3 nitrogen and oxygen atoms in total. The van der Waals surface area contributed by atoms with Gasteiger partial charge in [0.05, 0.1) is 22.1 Å². The fraction of sp³-hybridized carbons (Fsp3) is 0.0714. The maximum absolute atomic E-state index is 12.3. The lowest BCUT2D eigenvalue weighted by Crippen LogP contribution is -2.02. The normalized spacial score (nSPS) is 12.1. The maximum atomic E-state index is 12.3. The summed E-state index contributed by atoms with van der Waals surface area (Å²) in [5.74, 6) is -0.764. The van der Waals surface area contributed by atoms with Crippen molar-refractivity contribution in [3.8, 4) is 0 Å². The zero-order valence-electron chi connectivity index (χ0n) is 10.2. The second-order valence-corrected chi connectivity index (χ2v) is 6.81. The van der Waals surface area contributed by atoms with Gasteiger partial charge in [0.15, 0.2) is 0 Å². The van der Waals surface area contributed by atoms with Crippen LogP contribution < -0.4 is 0 Å². The van der Waals surface area contributed by atoms with Crippen LogP contribution in [0, 0.1) is 0 Å². The molecule has 0 bridgehead atoms. The molecule has 2 aromatic rings. The van der Waals surface area contributed by atoms with Gasteiger partial charge in [0.2, 0.25) is 0 Å². The lowest BCUT2D eigenvalue weighted by atomic mass is 10.2. The van der Waals surface area contributed by atoms with Gasteiger partial charge < -0.3 is 5.11 Å². The zero-order chi connectivity index (χ0) is 14.7. The molecule has 1 unspecified atom stereocenters. The highest BCUT2D eigenvalue weighted by atomic mass is 79.9. The monoisotopic (exact) mass is 372 g/mol. The predicted octanol–water partition coefficient (Wildman–Crippen LogP) is 4.11. The largest absolute Gasteiger partial charge is 0.478 e. The maximum Gasteiger partial charge on any atom is 0.336 e. The first-order valence-corrected chi connectivity index (χ1v) is 8.12. The summed E-state index contributed by atoms with van der Waals surface area (Å²) in [4.78, 5) is 11.5. The molecule has 0 fully saturated rings. The van der Waals surface area contributed by atoms with Crippen LogP contribution in [-0.4, -0.2) is 15.3 Å². The summed E-state index contributed by atoms with van der Waals surface area (Å²) in [5, 5.41) is 9.64. The fourth-order valence-corrected chi connectivity index (χ4v) is 3.42. The van der Waals surface area contributed by atoms with Gasteiger partial charge in [-0.05, 0) is 51.8 Å². The Balaban J connectivity index is 2.26. The van der Waals surface area contributed by atoms with Crippen LogP contribution in [0.3, 0.4) is 0 Å². The van der Waals surface area contributed by atoms with E-state index in [4.69, 9.17) is 16.7 Å². The summed E-state index contributed by atoms with van der Waals surface area (Å²) in [6.07, 6.45) is 0. The highest BCUT2D eigenvalue weighted by Gasteiger charge is 2.12. The second kappa shape index (κ2) is 6.52. The smallest absolute Gasteiger partial charge is 0.336 e. The minimum Gasteiger partial charge on any atom is -0.478 e. The van der Waals surface area contributed by atoms with Gasteiger partial charge in [-0.2, -0.15) is 0 Å². The molecular formula is C14H10BrClO3S. The number of hydrogen-bond donors (Lipinski definition) is 1. The first-order valence-electron chi connectivity index (χ1n) is 5.63. The average Bonchev–Trinajstić information content (AvgIpc) is 2.38. The Morgan fingerprint density at radius 3 is 2.65 bits per heavy atom. The van der Waals surface area contributed by atoms with Crippen LogP contribution in [-0.2, 0) is 16.6 Å². The van der Waals surface area contributed by atoms with E-state index in [2.05, 4.69) is 15.9 Å². The lowest BCUT2D eigenvalue weighted by Gasteiger charge is -2.06. The molecule has 0 heterocycles. The van der Waals surface area contributed by atoms with Crippen LogP contribution >= 0.6 is 27.5 Å². The van der Waals surface area contributed by atoms with Crippen molar-refractivity contribution in [1.29, 1.82) is 0 Å². The highest BCUT2D eigenvalue weighted by Crippen LogP contribution is 2.22. The number of halogens is 2. The van der Waals surface area contributed by atoms with E-state index >= 15 is 0 Å². The summed E-state index contributed by atoms with van der Waals surface area (Å²) < 4.78 is 12.7. The van der Waals surface area contributed by atoms with Gasteiger partial charge in [-0.25, -0.2) is 4.79 Å². The van der Waals surface area contributed by atoms with Crippen molar-refractivity contribution in [1.82, 2.24) is 0 Å². The van der Waals surface area contributed by atoms with Gasteiger partial charge in [-0.15, -0.1) is 0 Å². The Kier molecular flexibility index (Phi) is 4.96. The number of carboxylic acid groups (broad SMARTS) is 1. The molecule has 2 rings (SSSR count). The molecule has 0 saturated heterocycles. The summed E-state index contributed by atoms with van der Waals surface area (Å²) in [6, 6.07) is 11.8. The lowest BCUT2D eigenvalue weighted by molar-refractivity contribution is 0.0695. The summed E-state index contributed by atoms with van der Waals surface area (Å²) in [7, 11) is -1.32. The zero-order valence-corrected chi connectivity index (χ0v) is 13.3. The molecule has 0 aromatic heterocycles. The topological polar surface area (TPSA) is 54.4 Å². The van der Waals surface area contributed by atoms with Crippen LogP contribution in [0.2, 0.25) is 5.02 Å². The van der Waals surface area contributed by atoms with E-state index in [1.54, 1.807) is 30.3 Å². The average molecular weight is 374 g/mol. The van der Waals surface area contributed by atoms with Crippen molar-refractivity contribution in [3.63, 3.8) is 0 Å². The van der Waals surface area contributed by atoms with Crippen molar-refractivity contribution < 1.29 is 14.1 Å². The molecule has 1 atom stereocenters. The van der Waals surface area contributed by atoms with E-state index in [0.29, 0.717) is 20.1 Å². The highest BCUT2D eigenvalue weighted by molar-refractivity contribution is 9.10. The van der Waals surface area contributed by atoms with Crippen molar-refractivity contribution in [2.45, 2.75) is 10.6 Å². The minimum absolute atomic E-state index is 0.0990. The Labute approximate surface area is 132 Å². The Bertz CT molecular complexity index is 688. The van der Waals surface area contributed by atoms with Crippen LogP contribution in [0.25, 0.3) is 0 Å². The fourth-order valence-electron chi connectivity index (χ4n) is 1.67. The van der Waals surface area contributed by atoms with E-state index in [1.807, 2.05) is 6.07 Å². The van der Waals surface area contributed by atoms with E-state index in [0.717, 1.165) is 5.56 Å². The molecule has 0 spiro atoms. The SMILES string of the molecule is O=C(O)c1cc(S(=O)Cc2cccc(Cl)c2)ccc1Br. The van der Waals surface area contributed by atoms with Crippen LogP contribution in [0.15, 0.2) is 51.8 Å². The summed E-state index contributed by atoms with van der Waals surface area (Å²) in [5.41, 5.74) is 0.942. The van der Waals surface area contributed by atoms with Gasteiger partial charge in [0.25, 0.3) is 0 Å².